The molecule has 7 aliphatic rings. The van der Waals surface area contributed by atoms with Gasteiger partial charge < -0.3 is 4.90 Å². The number of hydrogen-bond donors (Lipinski definition) is 0. The second-order valence-electron chi connectivity index (χ2n) is 21.2. The first kappa shape index (κ1) is 36.3. The van der Waals surface area contributed by atoms with E-state index in [0.717, 1.165) is 11.8 Å². The molecule has 4 bridgehead atoms. The monoisotopic (exact) mass is 787 g/mol. The zero-order valence-corrected chi connectivity index (χ0v) is 36.6. The fourth-order valence-corrected chi connectivity index (χ4v) is 15.4. The van der Waals surface area contributed by atoms with Gasteiger partial charge >= 0.3 is 0 Å². The molecule has 4 saturated carbocycles. The molecule has 0 unspecified atom stereocenters. The van der Waals surface area contributed by atoms with Crippen molar-refractivity contribution in [1.29, 1.82) is 0 Å². The standard InChI is InChI=1S/C57H57NS/c1-54(2)26-27-55(3,4)53-47(54)19-13-20-49(53)58(40-22-24-44-43-16-10-11-18-45(43)56(5,6)48(44)33-40)41-23-25-46-51(34-41)59-50-21-12-17-42(37-14-8-7-9-15-37)52(50)57(46)38-29-35-28-36(31-38)32-39(57)30-35/h7-25,33-36,38-39H,26-32H2,1-6H3. The molecule has 6 aromatic carbocycles. The lowest BCUT2D eigenvalue weighted by Gasteiger charge is -2.63. The summed E-state index contributed by atoms with van der Waals surface area (Å²) in [5.74, 6) is 3.17. The molecule has 1 spiro atoms. The Hall–Kier alpha value is -4.53. The van der Waals surface area contributed by atoms with E-state index in [2.05, 4.69) is 174 Å². The van der Waals surface area contributed by atoms with Gasteiger partial charge in [-0.3, -0.25) is 0 Å². The van der Waals surface area contributed by atoms with Crippen molar-refractivity contribution in [2.45, 2.75) is 118 Å². The van der Waals surface area contributed by atoms with E-state index in [4.69, 9.17) is 0 Å². The molecular weight excluding hydrogens is 731 g/mol. The summed E-state index contributed by atoms with van der Waals surface area (Å²) in [6, 6.07) is 50.0. The molecule has 0 saturated heterocycles. The normalized spacial score (nSPS) is 26.7. The molecule has 0 amide bonds. The predicted molar refractivity (Wildman–Crippen MR) is 248 cm³/mol. The summed E-state index contributed by atoms with van der Waals surface area (Å²) in [5, 5.41) is 0. The van der Waals surface area contributed by atoms with Gasteiger partial charge in [0.25, 0.3) is 0 Å². The van der Waals surface area contributed by atoms with Crippen LogP contribution in [-0.4, -0.2) is 0 Å². The Bertz CT molecular complexity index is 2670. The average Bonchev–Trinajstić information content (AvgIpc) is 3.46. The van der Waals surface area contributed by atoms with Crippen LogP contribution in [0.25, 0.3) is 22.3 Å². The van der Waals surface area contributed by atoms with E-state index < -0.39 is 0 Å². The van der Waals surface area contributed by atoms with Crippen molar-refractivity contribution in [2.24, 2.45) is 23.7 Å². The van der Waals surface area contributed by atoms with Gasteiger partial charge in [-0.05, 0) is 171 Å². The van der Waals surface area contributed by atoms with Gasteiger partial charge in [0, 0.05) is 32.0 Å². The maximum Gasteiger partial charge on any atom is 0.0502 e. The average molecular weight is 788 g/mol. The number of anilines is 3. The molecule has 0 radical (unpaired) electrons. The van der Waals surface area contributed by atoms with Crippen LogP contribution in [-0.2, 0) is 21.7 Å². The number of rotatable bonds is 4. The molecule has 1 aliphatic heterocycles. The van der Waals surface area contributed by atoms with E-state index in [1.165, 1.54) is 116 Å². The van der Waals surface area contributed by atoms with Crippen LogP contribution in [0.3, 0.4) is 0 Å². The molecule has 2 heteroatoms. The van der Waals surface area contributed by atoms with Gasteiger partial charge in [-0.2, -0.15) is 0 Å². The molecule has 13 rings (SSSR count). The molecule has 0 atom stereocenters. The zero-order chi connectivity index (χ0) is 40.1. The van der Waals surface area contributed by atoms with Gasteiger partial charge in [0.2, 0.25) is 0 Å². The van der Waals surface area contributed by atoms with Crippen LogP contribution in [0.1, 0.15) is 120 Å². The molecule has 1 nitrogen and oxygen atoms in total. The summed E-state index contributed by atoms with van der Waals surface area (Å²) in [7, 11) is 0. The minimum Gasteiger partial charge on any atom is -0.310 e. The third-order valence-electron chi connectivity index (χ3n) is 16.7. The first-order valence-corrected chi connectivity index (χ1v) is 23.5. The minimum atomic E-state index is -0.0806. The van der Waals surface area contributed by atoms with E-state index in [9.17, 15) is 0 Å². The van der Waals surface area contributed by atoms with Crippen molar-refractivity contribution in [2.75, 3.05) is 4.90 Å². The van der Waals surface area contributed by atoms with Crippen molar-refractivity contribution >= 4 is 28.8 Å². The van der Waals surface area contributed by atoms with Crippen LogP contribution in [0, 0.1) is 23.7 Å². The summed E-state index contributed by atoms with van der Waals surface area (Å²) < 4.78 is 0. The summed E-state index contributed by atoms with van der Waals surface area (Å²) in [6.07, 6.45) is 9.35. The number of benzene rings is 6. The van der Waals surface area contributed by atoms with Crippen molar-refractivity contribution in [3.8, 4) is 22.3 Å². The Balaban J connectivity index is 1.09. The molecule has 6 aliphatic carbocycles. The number of fused-ring (bicyclic) bond motifs is 6. The van der Waals surface area contributed by atoms with E-state index in [1.54, 1.807) is 11.1 Å². The van der Waals surface area contributed by atoms with Crippen LogP contribution >= 0.6 is 11.8 Å². The lowest BCUT2D eigenvalue weighted by atomic mass is 9.41. The van der Waals surface area contributed by atoms with Gasteiger partial charge in [-0.25, -0.2) is 0 Å². The smallest absolute Gasteiger partial charge is 0.0502 e. The molecular formula is C57H57NS. The number of nitrogens with zero attached hydrogens (tertiary/aromatic N) is 1. The fourth-order valence-electron chi connectivity index (χ4n) is 14.2. The fraction of sp³-hybridized carbons (Fsp3) is 0.368. The summed E-state index contributed by atoms with van der Waals surface area (Å²) in [5.41, 5.74) is 18.7. The van der Waals surface area contributed by atoms with Crippen LogP contribution in [0.2, 0.25) is 0 Å². The maximum absolute atomic E-state index is 2.67. The largest absolute Gasteiger partial charge is 0.310 e. The quantitative estimate of drug-likeness (QED) is 0.175. The Kier molecular flexibility index (Phi) is 7.70. The molecule has 6 aromatic rings. The van der Waals surface area contributed by atoms with E-state index in [0.29, 0.717) is 11.8 Å². The third kappa shape index (κ3) is 5.05. The Morgan fingerprint density at radius 1 is 0.475 bits per heavy atom. The highest BCUT2D eigenvalue weighted by atomic mass is 32.2. The van der Waals surface area contributed by atoms with Gasteiger partial charge in [0.05, 0.1) is 5.69 Å². The molecule has 0 N–H and O–H groups in total. The highest BCUT2D eigenvalue weighted by Crippen LogP contribution is 2.70. The Labute approximate surface area is 356 Å². The van der Waals surface area contributed by atoms with Crippen LogP contribution in [0.15, 0.2) is 137 Å². The lowest BCUT2D eigenvalue weighted by Crippen LogP contribution is -2.57. The highest BCUT2D eigenvalue weighted by Gasteiger charge is 2.61. The lowest BCUT2D eigenvalue weighted by molar-refractivity contribution is -0.0441. The van der Waals surface area contributed by atoms with E-state index in [1.807, 2.05) is 11.8 Å². The first-order valence-electron chi connectivity index (χ1n) is 22.6. The topological polar surface area (TPSA) is 3.24 Å². The highest BCUT2D eigenvalue weighted by molar-refractivity contribution is 7.99. The predicted octanol–water partition coefficient (Wildman–Crippen LogP) is 15.7. The SMILES string of the molecule is CC1(C)CCC(C)(C)c2c(N(c3ccc4c(c3)Sc3cccc(-c5ccccc5)c3C43C4CC5CC(C4)CC3C5)c3ccc4c(c3)C(C)(C)c3ccccc3-4)cccc21. The van der Waals surface area contributed by atoms with Crippen molar-refractivity contribution in [3.05, 3.63) is 161 Å². The molecule has 59 heavy (non-hydrogen) atoms. The van der Waals surface area contributed by atoms with Crippen LogP contribution in [0.5, 0.6) is 0 Å². The molecule has 4 fully saturated rings. The zero-order valence-electron chi connectivity index (χ0n) is 35.7. The van der Waals surface area contributed by atoms with Gasteiger partial charge in [0.1, 0.15) is 0 Å². The molecule has 0 aromatic heterocycles. The maximum atomic E-state index is 2.67. The Morgan fingerprint density at radius 2 is 1.10 bits per heavy atom. The summed E-state index contributed by atoms with van der Waals surface area (Å²) in [6.45, 7) is 14.7. The first-order chi connectivity index (χ1) is 28.4. The second-order valence-corrected chi connectivity index (χ2v) is 22.3. The summed E-state index contributed by atoms with van der Waals surface area (Å²) in [4.78, 5) is 5.62. The molecule has 296 valence electrons. The second kappa shape index (κ2) is 12.5. The van der Waals surface area contributed by atoms with Gasteiger partial charge in [0.15, 0.2) is 0 Å². The van der Waals surface area contributed by atoms with Crippen LogP contribution in [0.4, 0.5) is 17.1 Å². The van der Waals surface area contributed by atoms with Gasteiger partial charge in [-0.15, -0.1) is 0 Å². The van der Waals surface area contributed by atoms with Crippen molar-refractivity contribution in [3.63, 3.8) is 0 Å². The minimum absolute atomic E-state index is 0.0421. The van der Waals surface area contributed by atoms with E-state index in [-0.39, 0.29) is 21.7 Å². The number of hydrogen-bond acceptors (Lipinski definition) is 2. The van der Waals surface area contributed by atoms with Crippen molar-refractivity contribution in [1.82, 2.24) is 0 Å². The molecule has 1 heterocycles. The van der Waals surface area contributed by atoms with E-state index >= 15 is 0 Å². The summed E-state index contributed by atoms with van der Waals surface area (Å²) >= 11 is 2.04. The van der Waals surface area contributed by atoms with Gasteiger partial charge in [-0.1, -0.05) is 144 Å². The van der Waals surface area contributed by atoms with Crippen molar-refractivity contribution < 1.29 is 0 Å². The third-order valence-corrected chi connectivity index (χ3v) is 17.8. The Morgan fingerprint density at radius 3 is 1.88 bits per heavy atom. The van der Waals surface area contributed by atoms with Crippen LogP contribution < -0.4 is 4.90 Å².